The highest BCUT2D eigenvalue weighted by atomic mass is 32.2. The van der Waals surface area contributed by atoms with Crippen molar-refractivity contribution in [3.63, 3.8) is 0 Å². The van der Waals surface area contributed by atoms with Gasteiger partial charge in [-0.2, -0.15) is 4.31 Å². The summed E-state index contributed by atoms with van der Waals surface area (Å²) in [7, 11) is -0.645. The Bertz CT molecular complexity index is 1060. The molecule has 0 aliphatic carbocycles. The molecule has 0 radical (unpaired) electrons. The molecule has 25 heavy (non-hydrogen) atoms. The summed E-state index contributed by atoms with van der Waals surface area (Å²) in [4.78, 5) is 15.2. The molecule has 0 unspecified atom stereocenters. The molecule has 0 aliphatic heterocycles. The van der Waals surface area contributed by atoms with Gasteiger partial charge in [-0.15, -0.1) is 0 Å². The number of sulfonamides is 1. The number of fused-ring (bicyclic) bond motifs is 1. The van der Waals surface area contributed by atoms with E-state index in [2.05, 4.69) is 4.98 Å². The van der Waals surface area contributed by atoms with Crippen LogP contribution in [-0.2, 0) is 16.6 Å². The lowest BCUT2D eigenvalue weighted by Gasteiger charge is -2.17. The maximum Gasteiger partial charge on any atom is 0.252 e. The molecule has 3 rings (SSSR count). The Morgan fingerprint density at radius 1 is 1.08 bits per heavy atom. The van der Waals surface area contributed by atoms with Crippen molar-refractivity contribution in [1.82, 2.24) is 9.29 Å². The van der Waals surface area contributed by atoms with Gasteiger partial charge in [0.05, 0.1) is 12.0 Å². The minimum atomic E-state index is -3.66. The van der Waals surface area contributed by atoms with Crippen LogP contribution in [0, 0.1) is 0 Å². The number of methoxy groups -OCH3 is 1. The van der Waals surface area contributed by atoms with Gasteiger partial charge in [0, 0.05) is 30.1 Å². The number of H-pyrrole nitrogens is 1. The molecular formula is C18H18N2O4S. The predicted octanol–water partition coefficient (Wildman–Crippen LogP) is 2.36. The maximum atomic E-state index is 12.6. The number of nitrogens with one attached hydrogen (secondary N) is 1. The fourth-order valence-corrected chi connectivity index (χ4v) is 3.74. The van der Waals surface area contributed by atoms with E-state index in [9.17, 15) is 13.2 Å². The van der Waals surface area contributed by atoms with Gasteiger partial charge in [0.15, 0.2) is 0 Å². The van der Waals surface area contributed by atoms with E-state index in [-0.39, 0.29) is 17.0 Å². The largest absolute Gasteiger partial charge is 0.497 e. The molecular weight excluding hydrogens is 340 g/mol. The Morgan fingerprint density at radius 2 is 1.80 bits per heavy atom. The van der Waals surface area contributed by atoms with Crippen LogP contribution < -0.4 is 10.3 Å². The normalized spacial score (nSPS) is 11.8. The van der Waals surface area contributed by atoms with Crippen molar-refractivity contribution in [1.29, 1.82) is 0 Å². The molecule has 1 N–H and O–H groups in total. The zero-order chi connectivity index (χ0) is 18.0. The number of benzene rings is 2. The maximum absolute atomic E-state index is 12.6. The zero-order valence-electron chi connectivity index (χ0n) is 13.9. The van der Waals surface area contributed by atoms with Gasteiger partial charge >= 0.3 is 0 Å². The number of rotatable bonds is 5. The lowest BCUT2D eigenvalue weighted by atomic mass is 10.1. The van der Waals surface area contributed by atoms with Crippen molar-refractivity contribution in [2.45, 2.75) is 11.4 Å². The van der Waals surface area contributed by atoms with Crippen LogP contribution in [0.1, 0.15) is 5.56 Å². The first-order valence-electron chi connectivity index (χ1n) is 7.63. The zero-order valence-corrected chi connectivity index (χ0v) is 14.7. The van der Waals surface area contributed by atoms with Crippen molar-refractivity contribution in [3.8, 4) is 5.75 Å². The van der Waals surface area contributed by atoms with Gasteiger partial charge in [-0.05, 0) is 36.4 Å². The summed E-state index contributed by atoms with van der Waals surface area (Å²) < 4.78 is 31.6. The van der Waals surface area contributed by atoms with E-state index in [4.69, 9.17) is 4.74 Å². The second-order valence-electron chi connectivity index (χ2n) is 5.65. The smallest absolute Gasteiger partial charge is 0.252 e. The molecule has 130 valence electrons. The number of nitrogens with zero attached hydrogens (tertiary/aromatic N) is 1. The predicted molar refractivity (Wildman–Crippen MR) is 96.2 cm³/mol. The average Bonchev–Trinajstić information content (AvgIpc) is 2.62. The Morgan fingerprint density at radius 3 is 2.48 bits per heavy atom. The summed E-state index contributed by atoms with van der Waals surface area (Å²) in [6.07, 6.45) is 0. The van der Waals surface area contributed by atoms with E-state index in [1.54, 1.807) is 49.6 Å². The van der Waals surface area contributed by atoms with Crippen molar-refractivity contribution in [3.05, 3.63) is 70.5 Å². The second-order valence-corrected chi connectivity index (χ2v) is 7.70. The van der Waals surface area contributed by atoms with Gasteiger partial charge in [0.1, 0.15) is 5.75 Å². The van der Waals surface area contributed by atoms with E-state index in [0.29, 0.717) is 16.8 Å². The highest BCUT2D eigenvalue weighted by Crippen LogP contribution is 2.20. The number of hydrogen-bond donors (Lipinski definition) is 1. The number of hydrogen-bond acceptors (Lipinski definition) is 4. The summed E-state index contributed by atoms with van der Waals surface area (Å²) in [6.45, 7) is -0.0281. The monoisotopic (exact) mass is 358 g/mol. The fraction of sp³-hybridized carbons (Fsp3) is 0.167. The minimum absolute atomic E-state index is 0.0281. The highest BCUT2D eigenvalue weighted by molar-refractivity contribution is 7.89. The molecule has 7 heteroatoms. The lowest BCUT2D eigenvalue weighted by Crippen LogP contribution is -2.29. The van der Waals surface area contributed by atoms with Gasteiger partial charge < -0.3 is 9.72 Å². The molecule has 0 bridgehead atoms. The van der Waals surface area contributed by atoms with E-state index in [1.807, 2.05) is 0 Å². The third kappa shape index (κ3) is 3.42. The number of aromatic amines is 1. The van der Waals surface area contributed by atoms with E-state index in [0.717, 1.165) is 5.39 Å². The summed E-state index contributed by atoms with van der Waals surface area (Å²) in [6, 6.07) is 15.1. The molecule has 0 spiro atoms. The molecule has 0 saturated heterocycles. The van der Waals surface area contributed by atoms with Gasteiger partial charge in [-0.3, -0.25) is 4.79 Å². The SMILES string of the molecule is COc1ccc2[nH]c(=O)c(CN(C)S(=O)(=O)c3ccccc3)cc2c1. The first-order valence-corrected chi connectivity index (χ1v) is 9.07. The Labute approximate surface area is 145 Å². The lowest BCUT2D eigenvalue weighted by molar-refractivity contribution is 0.415. The molecule has 0 amide bonds. The molecule has 1 heterocycles. The molecule has 3 aromatic rings. The van der Waals surface area contributed by atoms with Gasteiger partial charge in [-0.25, -0.2) is 8.42 Å². The molecule has 1 aromatic heterocycles. The van der Waals surface area contributed by atoms with Crippen molar-refractivity contribution in [2.24, 2.45) is 0 Å². The van der Waals surface area contributed by atoms with Crippen LogP contribution in [0.4, 0.5) is 0 Å². The number of pyridine rings is 1. The first kappa shape index (κ1) is 17.2. The molecule has 0 fully saturated rings. The molecule has 6 nitrogen and oxygen atoms in total. The van der Waals surface area contributed by atoms with Crippen LogP contribution in [0.2, 0.25) is 0 Å². The summed E-state index contributed by atoms with van der Waals surface area (Å²) in [5, 5.41) is 0.777. The van der Waals surface area contributed by atoms with Crippen LogP contribution >= 0.6 is 0 Å². The van der Waals surface area contributed by atoms with Crippen LogP contribution in [0.3, 0.4) is 0 Å². The van der Waals surface area contributed by atoms with Gasteiger partial charge in [0.25, 0.3) is 5.56 Å². The summed E-state index contributed by atoms with van der Waals surface area (Å²) in [5.41, 5.74) is 0.721. The summed E-state index contributed by atoms with van der Waals surface area (Å²) >= 11 is 0. The average molecular weight is 358 g/mol. The minimum Gasteiger partial charge on any atom is -0.497 e. The Kier molecular flexibility index (Phi) is 4.61. The van der Waals surface area contributed by atoms with Gasteiger partial charge in [0.2, 0.25) is 10.0 Å². The topological polar surface area (TPSA) is 79.5 Å². The first-order chi connectivity index (χ1) is 11.9. The quantitative estimate of drug-likeness (QED) is 0.759. The van der Waals surface area contributed by atoms with Crippen LogP contribution in [0.25, 0.3) is 10.9 Å². The van der Waals surface area contributed by atoms with Crippen LogP contribution in [-0.4, -0.2) is 31.9 Å². The van der Waals surface area contributed by atoms with Crippen molar-refractivity contribution < 1.29 is 13.2 Å². The molecule has 0 aliphatic rings. The van der Waals surface area contributed by atoms with Crippen molar-refractivity contribution >= 4 is 20.9 Å². The third-order valence-corrected chi connectivity index (χ3v) is 5.79. The number of aromatic nitrogens is 1. The Balaban J connectivity index is 1.97. The number of ether oxygens (including phenoxy) is 1. The van der Waals surface area contributed by atoms with Crippen LogP contribution in [0.15, 0.2) is 64.3 Å². The molecule has 0 saturated carbocycles. The third-order valence-electron chi connectivity index (χ3n) is 3.97. The van der Waals surface area contributed by atoms with Gasteiger partial charge in [-0.1, -0.05) is 18.2 Å². The van der Waals surface area contributed by atoms with E-state index >= 15 is 0 Å². The molecule has 0 atom stereocenters. The Hall–Kier alpha value is -2.64. The van der Waals surface area contributed by atoms with E-state index in [1.165, 1.54) is 23.5 Å². The molecule has 2 aromatic carbocycles. The van der Waals surface area contributed by atoms with E-state index < -0.39 is 10.0 Å². The fourth-order valence-electron chi connectivity index (χ4n) is 2.57. The van der Waals surface area contributed by atoms with Crippen LogP contribution in [0.5, 0.6) is 5.75 Å². The highest BCUT2D eigenvalue weighted by Gasteiger charge is 2.21. The summed E-state index contributed by atoms with van der Waals surface area (Å²) in [5.74, 6) is 0.663. The second kappa shape index (κ2) is 6.70. The standard InChI is InChI=1S/C18H18N2O4S/c1-20(25(22,23)16-6-4-3-5-7-16)12-14-10-13-11-15(24-2)8-9-17(13)19-18(14)21/h3-11H,12H2,1-2H3,(H,19,21). The van der Waals surface area contributed by atoms with Crippen molar-refractivity contribution in [2.75, 3.05) is 14.2 Å².